The Morgan fingerprint density at radius 3 is 2.33 bits per heavy atom. The lowest BCUT2D eigenvalue weighted by Crippen LogP contribution is -2.30. The van der Waals surface area contributed by atoms with Crippen LogP contribution in [0.15, 0.2) is 47.7 Å². The van der Waals surface area contributed by atoms with Crippen molar-refractivity contribution in [1.29, 1.82) is 0 Å². The topological polar surface area (TPSA) is 56.2 Å². The minimum Gasteiger partial charge on any atom is -0.323 e. The Hall–Kier alpha value is -2.31. The largest absolute Gasteiger partial charge is 0.435 e. The third-order valence-corrected chi connectivity index (χ3v) is 3.66. The molecule has 1 heterocycles. The zero-order valence-electron chi connectivity index (χ0n) is 11.0. The molecule has 110 valence electrons. The molecule has 21 heavy (non-hydrogen) atoms. The number of aromatic nitrogens is 2. The van der Waals surface area contributed by atoms with Crippen LogP contribution in [0.1, 0.15) is 24.1 Å². The van der Waals surface area contributed by atoms with Crippen LogP contribution in [0.3, 0.4) is 0 Å². The van der Waals surface area contributed by atoms with Gasteiger partial charge in [0, 0.05) is 11.8 Å². The highest BCUT2D eigenvalue weighted by molar-refractivity contribution is 6.07. The highest BCUT2D eigenvalue weighted by Crippen LogP contribution is 2.46. The summed E-state index contributed by atoms with van der Waals surface area (Å²) in [5, 5.41) is 7.48. The molecule has 0 saturated heterocycles. The van der Waals surface area contributed by atoms with Gasteiger partial charge in [0.2, 0.25) is 0 Å². The molecular weight excluding hydrogens is 281 g/mol. The fourth-order valence-electron chi connectivity index (χ4n) is 2.47. The van der Waals surface area contributed by atoms with Crippen LogP contribution in [0.5, 0.6) is 0 Å². The fourth-order valence-corrected chi connectivity index (χ4v) is 2.47. The number of hydrazone groups is 1. The van der Waals surface area contributed by atoms with Crippen LogP contribution in [0.2, 0.25) is 0 Å². The van der Waals surface area contributed by atoms with E-state index in [1.165, 1.54) is 10.9 Å². The standard InChI is InChI=1S/C14H13F3N4/c15-14(16,17)11-6-9-21(20-11)13(7-8-13)12(19-18)10-4-2-1-3-5-10/h1-6,9H,7-8,18H2. The molecule has 0 atom stereocenters. The maximum absolute atomic E-state index is 12.7. The van der Waals surface area contributed by atoms with Gasteiger partial charge in [-0.05, 0) is 18.9 Å². The molecule has 0 aliphatic heterocycles. The SMILES string of the molecule is NN=C(c1ccccc1)C1(n2ccc(C(F)(F)F)n2)CC1. The normalized spacial score (nSPS) is 17.8. The fraction of sp³-hybridized carbons (Fsp3) is 0.286. The van der Waals surface area contributed by atoms with Crippen molar-refractivity contribution in [3.63, 3.8) is 0 Å². The van der Waals surface area contributed by atoms with E-state index in [0.29, 0.717) is 18.6 Å². The van der Waals surface area contributed by atoms with E-state index in [1.54, 1.807) is 0 Å². The van der Waals surface area contributed by atoms with E-state index in [2.05, 4.69) is 10.2 Å². The number of alkyl halides is 3. The number of nitrogens with two attached hydrogens (primary N) is 1. The van der Waals surface area contributed by atoms with E-state index in [-0.39, 0.29) is 0 Å². The zero-order chi connectivity index (χ0) is 15.1. The number of benzene rings is 1. The molecule has 1 aliphatic rings. The third-order valence-electron chi connectivity index (χ3n) is 3.66. The smallest absolute Gasteiger partial charge is 0.323 e. The van der Waals surface area contributed by atoms with Crippen LogP contribution in [-0.2, 0) is 11.7 Å². The van der Waals surface area contributed by atoms with Crippen LogP contribution in [0.25, 0.3) is 0 Å². The predicted octanol–water partition coefficient (Wildman–Crippen LogP) is 2.75. The summed E-state index contributed by atoms with van der Waals surface area (Å²) in [6.45, 7) is 0. The van der Waals surface area contributed by atoms with E-state index in [0.717, 1.165) is 11.6 Å². The van der Waals surface area contributed by atoms with Crippen molar-refractivity contribution in [3.05, 3.63) is 53.9 Å². The number of hydrogen-bond donors (Lipinski definition) is 1. The van der Waals surface area contributed by atoms with Crippen LogP contribution >= 0.6 is 0 Å². The Kier molecular flexibility index (Phi) is 3.00. The molecule has 1 fully saturated rings. The molecule has 2 aromatic rings. The van der Waals surface area contributed by atoms with E-state index < -0.39 is 17.4 Å². The molecule has 1 aromatic carbocycles. The van der Waals surface area contributed by atoms with Crippen molar-refractivity contribution in [2.75, 3.05) is 0 Å². The second-order valence-electron chi connectivity index (χ2n) is 5.02. The quantitative estimate of drug-likeness (QED) is 0.537. The van der Waals surface area contributed by atoms with Crippen molar-refractivity contribution >= 4 is 5.71 Å². The molecule has 0 bridgehead atoms. The Morgan fingerprint density at radius 1 is 1.19 bits per heavy atom. The Balaban J connectivity index is 1.99. The van der Waals surface area contributed by atoms with Crippen LogP contribution < -0.4 is 5.84 Å². The Morgan fingerprint density at radius 2 is 1.86 bits per heavy atom. The predicted molar refractivity (Wildman–Crippen MR) is 71.6 cm³/mol. The highest BCUT2D eigenvalue weighted by Gasteiger charge is 2.51. The van der Waals surface area contributed by atoms with Gasteiger partial charge in [-0.15, -0.1) is 0 Å². The number of halogens is 3. The van der Waals surface area contributed by atoms with Crippen LogP contribution in [0, 0.1) is 0 Å². The molecule has 0 unspecified atom stereocenters. The van der Waals surface area contributed by atoms with Crippen molar-refractivity contribution in [2.24, 2.45) is 10.9 Å². The summed E-state index contributed by atoms with van der Waals surface area (Å²) < 4.78 is 39.4. The summed E-state index contributed by atoms with van der Waals surface area (Å²) in [6, 6.07) is 10.2. The lowest BCUT2D eigenvalue weighted by atomic mass is 10.0. The monoisotopic (exact) mass is 294 g/mol. The average molecular weight is 294 g/mol. The number of hydrogen-bond acceptors (Lipinski definition) is 3. The van der Waals surface area contributed by atoms with Gasteiger partial charge in [-0.1, -0.05) is 30.3 Å². The van der Waals surface area contributed by atoms with Crippen LogP contribution in [0.4, 0.5) is 13.2 Å². The highest BCUT2D eigenvalue weighted by atomic mass is 19.4. The minimum absolute atomic E-state index is 0.555. The van der Waals surface area contributed by atoms with Gasteiger partial charge in [0.25, 0.3) is 0 Å². The van der Waals surface area contributed by atoms with E-state index in [4.69, 9.17) is 5.84 Å². The molecule has 1 aromatic heterocycles. The Bertz CT molecular complexity index is 669. The molecule has 1 saturated carbocycles. The maximum atomic E-state index is 12.7. The lowest BCUT2D eigenvalue weighted by Gasteiger charge is -2.18. The van der Waals surface area contributed by atoms with Crippen molar-refractivity contribution in [1.82, 2.24) is 9.78 Å². The summed E-state index contributed by atoms with van der Waals surface area (Å²) in [4.78, 5) is 0. The first-order chi connectivity index (χ1) is 9.97. The number of rotatable bonds is 3. The van der Waals surface area contributed by atoms with E-state index in [9.17, 15) is 13.2 Å². The first kappa shape index (κ1) is 13.7. The first-order valence-corrected chi connectivity index (χ1v) is 6.44. The number of nitrogens with zero attached hydrogens (tertiary/aromatic N) is 3. The van der Waals surface area contributed by atoms with Gasteiger partial charge in [0.15, 0.2) is 5.69 Å². The Labute approximate surface area is 119 Å². The first-order valence-electron chi connectivity index (χ1n) is 6.44. The van der Waals surface area contributed by atoms with Gasteiger partial charge in [-0.2, -0.15) is 23.4 Å². The van der Waals surface area contributed by atoms with Gasteiger partial charge in [0.1, 0.15) is 5.54 Å². The summed E-state index contributed by atoms with van der Waals surface area (Å²) in [7, 11) is 0. The van der Waals surface area contributed by atoms with E-state index >= 15 is 0 Å². The molecule has 4 nitrogen and oxygen atoms in total. The molecule has 3 rings (SSSR count). The maximum Gasteiger partial charge on any atom is 0.435 e. The van der Waals surface area contributed by atoms with Crippen molar-refractivity contribution in [2.45, 2.75) is 24.6 Å². The minimum atomic E-state index is -4.45. The molecule has 0 spiro atoms. The molecule has 0 amide bonds. The van der Waals surface area contributed by atoms with Gasteiger partial charge < -0.3 is 5.84 Å². The van der Waals surface area contributed by atoms with Gasteiger partial charge in [0.05, 0.1) is 5.71 Å². The summed E-state index contributed by atoms with van der Waals surface area (Å²) >= 11 is 0. The summed E-state index contributed by atoms with van der Waals surface area (Å²) in [5.74, 6) is 5.49. The second-order valence-corrected chi connectivity index (χ2v) is 5.02. The molecule has 1 aliphatic carbocycles. The molecule has 0 radical (unpaired) electrons. The zero-order valence-corrected chi connectivity index (χ0v) is 11.0. The summed E-state index contributed by atoms with van der Waals surface area (Å²) in [6.07, 6.45) is -1.79. The molecule has 2 N–H and O–H groups in total. The van der Waals surface area contributed by atoms with Crippen molar-refractivity contribution < 1.29 is 13.2 Å². The lowest BCUT2D eigenvalue weighted by molar-refractivity contribution is -0.141. The van der Waals surface area contributed by atoms with Gasteiger partial charge in [-0.25, -0.2) is 0 Å². The molecule has 7 heteroatoms. The van der Waals surface area contributed by atoms with E-state index in [1.807, 2.05) is 30.3 Å². The van der Waals surface area contributed by atoms with Gasteiger partial charge in [-0.3, -0.25) is 4.68 Å². The second kappa shape index (κ2) is 4.61. The average Bonchev–Trinajstić information content (AvgIpc) is 3.07. The molecular formula is C14H13F3N4. The van der Waals surface area contributed by atoms with Gasteiger partial charge >= 0.3 is 6.18 Å². The third kappa shape index (κ3) is 2.28. The van der Waals surface area contributed by atoms with Crippen LogP contribution in [-0.4, -0.2) is 15.5 Å². The van der Waals surface area contributed by atoms with Crippen molar-refractivity contribution in [3.8, 4) is 0 Å². The summed E-state index contributed by atoms with van der Waals surface area (Å²) in [5.41, 5.74) is -0.223.